The number of fused-ring (bicyclic) bond motifs is 2. The van der Waals surface area contributed by atoms with Gasteiger partial charge < -0.3 is 0 Å². The van der Waals surface area contributed by atoms with Crippen LogP contribution in [0.5, 0.6) is 0 Å². The van der Waals surface area contributed by atoms with Crippen LogP contribution in [0.1, 0.15) is 6.23 Å². The molecule has 0 aromatic carbocycles. The average molecular weight is 344 g/mol. The molecule has 0 spiro atoms. The quantitative estimate of drug-likeness (QED) is 0.318. The first-order valence-electron chi connectivity index (χ1n) is 6.92. The van der Waals surface area contributed by atoms with Gasteiger partial charge in [0.25, 0.3) is 0 Å². The number of ether oxygens (including phenoxy) is 1. The van der Waals surface area contributed by atoms with Crippen LogP contribution in [0.4, 0.5) is 0 Å². The van der Waals surface area contributed by atoms with Gasteiger partial charge in [-0.3, -0.25) is 0 Å². The number of H-pyrrole nitrogens is 2. The third-order valence-electron chi connectivity index (χ3n) is 3.92. The van der Waals surface area contributed by atoms with E-state index < -0.39 is 43.6 Å². The van der Waals surface area contributed by atoms with E-state index in [9.17, 15) is 19.6 Å². The van der Waals surface area contributed by atoms with Gasteiger partial charge in [-0.05, 0) is 0 Å². The topological polar surface area (TPSA) is 152 Å². The Morgan fingerprint density at radius 1 is 1.43 bits per heavy atom. The third kappa shape index (κ3) is 2.35. The molecule has 4 rings (SSSR count). The van der Waals surface area contributed by atoms with Crippen LogP contribution in [-0.2, 0) is 13.8 Å². The Morgan fingerprint density at radius 3 is 3.00 bits per heavy atom. The Labute approximate surface area is 129 Å². The van der Waals surface area contributed by atoms with Crippen molar-refractivity contribution < 1.29 is 23.8 Å². The van der Waals surface area contributed by atoms with Crippen molar-refractivity contribution in [2.75, 3.05) is 6.61 Å². The maximum atomic E-state index is 11.7. The second-order valence-electron chi connectivity index (χ2n) is 5.60. The van der Waals surface area contributed by atoms with Crippen LogP contribution >= 0.6 is 7.82 Å². The maximum absolute atomic E-state index is 11.7. The summed E-state index contributed by atoms with van der Waals surface area (Å²) in [4.78, 5) is 41.6. The molecule has 0 radical (unpaired) electrons. The van der Waals surface area contributed by atoms with Gasteiger partial charge in [0.05, 0.1) is 0 Å². The number of hydrogen-bond acceptors (Lipinski definition) is 8. The van der Waals surface area contributed by atoms with Crippen molar-refractivity contribution in [3.05, 3.63) is 27.2 Å². The number of nitrogens with zero attached hydrogens (tertiary/aromatic N) is 2. The molecular weight excluding hydrogens is 330 g/mol. The van der Waals surface area contributed by atoms with Crippen molar-refractivity contribution in [2.24, 2.45) is 0 Å². The van der Waals surface area contributed by atoms with Gasteiger partial charge in [-0.2, -0.15) is 0 Å². The number of nitrogens with one attached hydrogen (secondary N) is 2. The molecule has 1 unspecified atom stereocenters. The van der Waals surface area contributed by atoms with Crippen molar-refractivity contribution in [3.63, 3.8) is 0 Å². The average Bonchev–Trinajstić information content (AvgIpc) is 3.00. The van der Waals surface area contributed by atoms with E-state index >= 15 is 0 Å². The zero-order valence-electron chi connectivity index (χ0n) is 11.9. The zero-order chi connectivity index (χ0) is 16.4. The molecule has 0 aliphatic carbocycles. The molecular formula is C10H14BN4O7P. The number of rotatable bonds is 1. The van der Waals surface area contributed by atoms with Gasteiger partial charge in [0.2, 0.25) is 0 Å². The Kier molecular flexibility index (Phi) is 3.24. The number of aromatic nitrogens is 4. The summed E-state index contributed by atoms with van der Waals surface area (Å²) >= 11 is 0. The second-order valence-corrected chi connectivity index (χ2v) is 7.92. The van der Waals surface area contributed by atoms with Gasteiger partial charge in [0, 0.05) is 0 Å². The molecule has 23 heavy (non-hydrogen) atoms. The van der Waals surface area contributed by atoms with Gasteiger partial charge in [-0.1, -0.05) is 0 Å². The molecule has 2 aromatic rings. The van der Waals surface area contributed by atoms with Crippen molar-refractivity contribution in [2.45, 2.75) is 24.5 Å². The molecule has 2 aromatic heterocycles. The van der Waals surface area contributed by atoms with E-state index in [2.05, 4.69) is 15.0 Å². The predicted molar refractivity (Wildman–Crippen MR) is 80.8 cm³/mol. The predicted octanol–water partition coefficient (Wildman–Crippen LogP) is -2.88. The van der Waals surface area contributed by atoms with Crippen molar-refractivity contribution in [3.8, 4) is 0 Å². The fourth-order valence-electron chi connectivity index (χ4n) is 2.90. The molecule has 2 aliphatic heterocycles. The first-order valence-corrected chi connectivity index (χ1v) is 9.19. The van der Waals surface area contributed by atoms with Crippen molar-refractivity contribution in [1.82, 2.24) is 19.5 Å². The molecule has 13 heteroatoms. The van der Waals surface area contributed by atoms with Crippen LogP contribution in [0.15, 0.2) is 15.9 Å². The Bertz CT molecular complexity index is 878. The van der Waals surface area contributed by atoms with Gasteiger partial charge in [0.15, 0.2) is 0 Å². The minimum atomic E-state index is -3.28. The molecule has 0 amide bonds. The first-order chi connectivity index (χ1) is 10.9. The Morgan fingerprint density at radius 2 is 2.22 bits per heavy atom. The molecule has 4 heterocycles. The molecule has 0 saturated carbocycles. The van der Waals surface area contributed by atoms with Gasteiger partial charge in [0.1, 0.15) is 0 Å². The number of aliphatic hydroxyl groups is 1. The summed E-state index contributed by atoms with van der Waals surface area (Å²) in [7, 11) is -1.83. The number of hydrogen-bond donors (Lipinski definition) is 4. The third-order valence-corrected chi connectivity index (χ3v) is 5.33. The minimum absolute atomic E-state index is 0.0220. The molecule has 2 fully saturated rings. The van der Waals surface area contributed by atoms with Crippen LogP contribution in [-0.4, -0.2) is 62.0 Å². The zero-order valence-corrected chi connectivity index (χ0v) is 12.9. The Balaban J connectivity index is 1.75. The fourth-order valence-corrected chi connectivity index (χ4v) is 4.24. The van der Waals surface area contributed by atoms with Crippen LogP contribution in [0.2, 0.25) is 0 Å². The van der Waals surface area contributed by atoms with E-state index in [-0.39, 0.29) is 17.8 Å². The molecule has 2 saturated heterocycles. The number of aromatic amines is 2. The van der Waals surface area contributed by atoms with Crippen molar-refractivity contribution >= 4 is 26.6 Å². The summed E-state index contributed by atoms with van der Waals surface area (Å²) in [6.07, 6.45) is -2.10. The first kappa shape index (κ1) is 15.0. The number of imidazole rings is 1. The number of aliphatic hydroxyl groups excluding tert-OH is 1. The van der Waals surface area contributed by atoms with Crippen LogP contribution in [0.25, 0.3) is 11.2 Å². The summed E-state index contributed by atoms with van der Waals surface area (Å²) in [6, 6.07) is 0. The standard InChI is InChI=1S/C10H14BN4O7P/c11-23(19)20-1-3-6(22-23)5(16)9(21-3)15-2-12-4-7(15)13-10(18)14-8(4)17/h2-3,5-6,9,16,19,23H,1,11H2,(H2,13,14,17,18)/t3-,5?,6-,9-/m1/s1. The van der Waals surface area contributed by atoms with E-state index in [1.54, 1.807) is 0 Å². The SMILES string of the molecule is B[PH]1(O)OC[C@H]2O[C@@H](n3cnc4c(=O)[nH]c(=O)[nH]c43)C(O)[C@@H]2O1. The van der Waals surface area contributed by atoms with Crippen LogP contribution in [0.3, 0.4) is 0 Å². The van der Waals surface area contributed by atoms with Crippen molar-refractivity contribution in [1.29, 1.82) is 0 Å². The molecule has 0 bridgehead atoms. The van der Waals surface area contributed by atoms with E-state index in [0.717, 1.165) is 0 Å². The molecule has 124 valence electrons. The van der Waals surface area contributed by atoms with E-state index in [1.807, 2.05) is 0 Å². The molecule has 4 N–H and O–H groups in total. The van der Waals surface area contributed by atoms with Gasteiger partial charge in [-0.25, -0.2) is 0 Å². The van der Waals surface area contributed by atoms with Gasteiger partial charge >= 0.3 is 128 Å². The summed E-state index contributed by atoms with van der Waals surface area (Å²) in [6.45, 7) is 0.0845. The second kappa shape index (κ2) is 4.97. The Hall–Kier alpha value is -1.56. The summed E-state index contributed by atoms with van der Waals surface area (Å²) in [5.74, 6) is 0. The van der Waals surface area contributed by atoms with Crippen LogP contribution in [0, 0.1) is 0 Å². The summed E-state index contributed by atoms with van der Waals surface area (Å²) < 4.78 is 17.7. The molecule has 4 atom stereocenters. The summed E-state index contributed by atoms with van der Waals surface area (Å²) in [5, 5.41) is 10.5. The fraction of sp³-hybridized carbons (Fsp3) is 0.500. The molecule has 11 nitrogen and oxygen atoms in total. The van der Waals surface area contributed by atoms with E-state index in [0.29, 0.717) is 0 Å². The summed E-state index contributed by atoms with van der Waals surface area (Å²) in [5.41, 5.74) is -1.17. The molecule has 2 aliphatic rings. The van der Waals surface area contributed by atoms with Crippen LogP contribution < -0.4 is 11.2 Å². The normalized spacial score (nSPS) is 34.3. The van der Waals surface area contributed by atoms with E-state index in [1.165, 1.54) is 18.5 Å². The van der Waals surface area contributed by atoms with E-state index in [4.69, 9.17) is 13.8 Å². The van der Waals surface area contributed by atoms with Gasteiger partial charge in [-0.15, -0.1) is 0 Å². The monoisotopic (exact) mass is 344 g/mol.